The van der Waals surface area contributed by atoms with E-state index in [0.29, 0.717) is 29.9 Å². The van der Waals surface area contributed by atoms with Gasteiger partial charge in [0.1, 0.15) is 11.6 Å². The van der Waals surface area contributed by atoms with Crippen LogP contribution in [0.4, 0.5) is 9.18 Å². The smallest absolute Gasteiger partial charge is 0.317 e. The molecule has 0 fully saturated rings. The summed E-state index contributed by atoms with van der Waals surface area (Å²) >= 11 is 0. The Morgan fingerprint density at radius 3 is 2.86 bits per heavy atom. The summed E-state index contributed by atoms with van der Waals surface area (Å²) in [7, 11) is 5.70. The molecule has 0 spiro atoms. The quantitative estimate of drug-likeness (QED) is 0.800. The molecule has 2 aromatic rings. The van der Waals surface area contributed by atoms with Crippen molar-refractivity contribution in [1.29, 1.82) is 0 Å². The number of H-pyrrole nitrogens is 1. The summed E-state index contributed by atoms with van der Waals surface area (Å²) in [5, 5.41) is 2.86. The minimum absolute atomic E-state index is 0.148. The van der Waals surface area contributed by atoms with Gasteiger partial charge in [-0.25, -0.2) is 14.2 Å². The highest BCUT2D eigenvalue weighted by atomic mass is 19.1. The summed E-state index contributed by atoms with van der Waals surface area (Å²) in [6.45, 7) is 1.90. The molecular formula is C15H22FN5O. The molecule has 0 bridgehead atoms. The number of amides is 2. The van der Waals surface area contributed by atoms with E-state index in [1.807, 2.05) is 14.1 Å². The summed E-state index contributed by atoms with van der Waals surface area (Å²) in [5.41, 5.74) is 1.32. The van der Waals surface area contributed by atoms with Crippen LogP contribution in [0.5, 0.6) is 0 Å². The molecular weight excluding hydrogens is 285 g/mol. The Morgan fingerprint density at radius 1 is 1.36 bits per heavy atom. The number of aromatic amines is 1. The van der Waals surface area contributed by atoms with Crippen molar-refractivity contribution in [3.05, 3.63) is 29.8 Å². The maximum absolute atomic E-state index is 13.1. The molecule has 0 aliphatic rings. The molecule has 0 radical (unpaired) electrons. The predicted octanol–water partition coefficient (Wildman–Crippen LogP) is 1.80. The van der Waals surface area contributed by atoms with Gasteiger partial charge in [-0.05, 0) is 45.3 Å². The van der Waals surface area contributed by atoms with E-state index in [0.717, 1.165) is 13.0 Å². The molecule has 2 N–H and O–H groups in total. The first kappa shape index (κ1) is 16.2. The van der Waals surface area contributed by atoms with Gasteiger partial charge in [0, 0.05) is 13.6 Å². The van der Waals surface area contributed by atoms with E-state index in [1.54, 1.807) is 18.0 Å². The van der Waals surface area contributed by atoms with E-state index in [2.05, 4.69) is 20.2 Å². The van der Waals surface area contributed by atoms with Gasteiger partial charge in [-0.15, -0.1) is 0 Å². The fraction of sp³-hybridized carbons (Fsp3) is 0.467. The van der Waals surface area contributed by atoms with Crippen LogP contribution in [0.25, 0.3) is 11.0 Å². The third kappa shape index (κ3) is 4.42. The molecule has 7 heteroatoms. The molecule has 22 heavy (non-hydrogen) atoms. The highest BCUT2D eigenvalue weighted by Crippen LogP contribution is 2.13. The average molecular weight is 307 g/mol. The number of nitrogens with one attached hydrogen (secondary N) is 2. The van der Waals surface area contributed by atoms with Crippen LogP contribution >= 0.6 is 0 Å². The van der Waals surface area contributed by atoms with Gasteiger partial charge in [-0.1, -0.05) is 0 Å². The molecule has 1 heterocycles. The number of benzene rings is 1. The number of urea groups is 1. The second-order valence-electron chi connectivity index (χ2n) is 5.59. The first-order valence-electron chi connectivity index (χ1n) is 7.23. The minimum Gasteiger partial charge on any atom is -0.340 e. The van der Waals surface area contributed by atoms with E-state index in [1.165, 1.54) is 12.1 Å². The zero-order valence-corrected chi connectivity index (χ0v) is 13.2. The highest BCUT2D eigenvalue weighted by molar-refractivity contribution is 5.76. The number of hydrogen-bond acceptors (Lipinski definition) is 3. The van der Waals surface area contributed by atoms with Crippen LogP contribution in [0.2, 0.25) is 0 Å². The van der Waals surface area contributed by atoms with Crippen molar-refractivity contribution >= 4 is 17.1 Å². The van der Waals surface area contributed by atoms with Crippen LogP contribution in [-0.2, 0) is 6.54 Å². The number of imidazole rings is 1. The lowest BCUT2D eigenvalue weighted by Gasteiger charge is -2.17. The van der Waals surface area contributed by atoms with Crippen molar-refractivity contribution in [1.82, 2.24) is 25.1 Å². The van der Waals surface area contributed by atoms with Crippen molar-refractivity contribution in [3.8, 4) is 0 Å². The van der Waals surface area contributed by atoms with Crippen molar-refractivity contribution in [2.45, 2.75) is 13.0 Å². The molecule has 2 rings (SSSR count). The fourth-order valence-corrected chi connectivity index (χ4v) is 2.13. The normalized spacial score (nSPS) is 11.1. The van der Waals surface area contributed by atoms with E-state index in [4.69, 9.17) is 0 Å². The number of fused-ring (bicyclic) bond motifs is 1. The van der Waals surface area contributed by atoms with Gasteiger partial charge in [0.15, 0.2) is 0 Å². The Labute approximate surface area is 129 Å². The van der Waals surface area contributed by atoms with Gasteiger partial charge >= 0.3 is 6.03 Å². The van der Waals surface area contributed by atoms with Crippen molar-refractivity contribution in [2.75, 3.05) is 34.2 Å². The lowest BCUT2D eigenvalue weighted by Crippen LogP contribution is -2.38. The third-order valence-electron chi connectivity index (χ3n) is 3.28. The number of rotatable bonds is 6. The number of halogens is 1. The highest BCUT2D eigenvalue weighted by Gasteiger charge is 2.11. The molecule has 120 valence electrons. The number of carbonyl (C=O) groups is 1. The van der Waals surface area contributed by atoms with Crippen LogP contribution in [0, 0.1) is 5.82 Å². The van der Waals surface area contributed by atoms with Crippen LogP contribution < -0.4 is 5.32 Å². The Morgan fingerprint density at radius 2 is 2.14 bits per heavy atom. The van der Waals surface area contributed by atoms with Crippen LogP contribution in [0.15, 0.2) is 18.2 Å². The topological polar surface area (TPSA) is 64.3 Å². The molecule has 2 amide bonds. The van der Waals surface area contributed by atoms with E-state index >= 15 is 0 Å². The maximum Gasteiger partial charge on any atom is 0.317 e. The molecule has 0 aliphatic heterocycles. The molecule has 0 saturated heterocycles. The maximum atomic E-state index is 13.1. The van der Waals surface area contributed by atoms with E-state index in [-0.39, 0.29) is 11.8 Å². The summed E-state index contributed by atoms with van der Waals surface area (Å²) in [6.07, 6.45) is 0.899. The third-order valence-corrected chi connectivity index (χ3v) is 3.28. The van der Waals surface area contributed by atoms with Crippen molar-refractivity contribution in [2.24, 2.45) is 0 Å². The fourth-order valence-electron chi connectivity index (χ4n) is 2.13. The Kier molecular flexibility index (Phi) is 5.32. The number of aromatic nitrogens is 2. The number of hydrogen-bond donors (Lipinski definition) is 2. The average Bonchev–Trinajstić information content (AvgIpc) is 2.84. The Bertz CT molecular complexity index is 640. The van der Waals surface area contributed by atoms with E-state index in [9.17, 15) is 9.18 Å². The molecule has 0 unspecified atom stereocenters. The predicted molar refractivity (Wildman–Crippen MR) is 84.1 cm³/mol. The van der Waals surface area contributed by atoms with Gasteiger partial charge < -0.3 is 20.1 Å². The van der Waals surface area contributed by atoms with E-state index < -0.39 is 0 Å². The molecule has 1 aromatic heterocycles. The number of nitrogens with zero attached hydrogens (tertiary/aromatic N) is 3. The monoisotopic (exact) mass is 307 g/mol. The molecule has 1 aromatic carbocycles. The molecule has 0 saturated carbocycles. The van der Waals surface area contributed by atoms with Crippen molar-refractivity contribution in [3.63, 3.8) is 0 Å². The van der Waals surface area contributed by atoms with Crippen LogP contribution in [0.3, 0.4) is 0 Å². The first-order chi connectivity index (χ1) is 10.5. The van der Waals surface area contributed by atoms with Gasteiger partial charge in [0.2, 0.25) is 0 Å². The summed E-state index contributed by atoms with van der Waals surface area (Å²) in [4.78, 5) is 22.9. The lowest BCUT2D eigenvalue weighted by molar-refractivity contribution is 0.205. The molecule has 6 nitrogen and oxygen atoms in total. The number of carbonyl (C=O) groups excluding carboxylic acids is 1. The standard InChI is InChI=1S/C15H22FN5O/c1-20(2)8-4-7-17-15(22)21(3)10-14-18-12-6-5-11(16)9-13(12)19-14/h5-6,9H,4,7-8,10H2,1-3H3,(H,17,22)(H,18,19). The summed E-state index contributed by atoms with van der Waals surface area (Å²) in [5.74, 6) is 0.321. The second-order valence-corrected chi connectivity index (χ2v) is 5.59. The summed E-state index contributed by atoms with van der Waals surface area (Å²) in [6, 6.07) is 4.23. The molecule has 0 atom stereocenters. The molecule has 0 aliphatic carbocycles. The zero-order valence-electron chi connectivity index (χ0n) is 13.2. The Balaban J connectivity index is 1.86. The second kappa shape index (κ2) is 7.22. The first-order valence-corrected chi connectivity index (χ1v) is 7.23. The lowest BCUT2D eigenvalue weighted by atomic mass is 10.3. The van der Waals surface area contributed by atoms with Gasteiger partial charge in [0.25, 0.3) is 0 Å². The minimum atomic E-state index is -0.310. The SMILES string of the molecule is CN(C)CCCNC(=O)N(C)Cc1nc2ccc(F)cc2[nH]1. The summed E-state index contributed by atoms with van der Waals surface area (Å²) < 4.78 is 13.1. The van der Waals surface area contributed by atoms with Gasteiger partial charge in [0.05, 0.1) is 17.6 Å². The van der Waals surface area contributed by atoms with Crippen LogP contribution in [0.1, 0.15) is 12.2 Å². The van der Waals surface area contributed by atoms with Crippen LogP contribution in [-0.4, -0.2) is 60.0 Å². The largest absolute Gasteiger partial charge is 0.340 e. The zero-order chi connectivity index (χ0) is 16.1. The van der Waals surface area contributed by atoms with Crippen molar-refractivity contribution < 1.29 is 9.18 Å². The van der Waals surface area contributed by atoms with Gasteiger partial charge in [-0.2, -0.15) is 0 Å². The Hall–Kier alpha value is -2.15. The van der Waals surface area contributed by atoms with Gasteiger partial charge in [-0.3, -0.25) is 0 Å².